The summed E-state index contributed by atoms with van der Waals surface area (Å²) >= 11 is 0. The summed E-state index contributed by atoms with van der Waals surface area (Å²) in [5.74, 6) is 0.601. The second-order valence-electron chi connectivity index (χ2n) is 8.24. The first-order valence-corrected chi connectivity index (χ1v) is 11.7. The third-order valence-electron chi connectivity index (χ3n) is 5.65. The Kier molecular flexibility index (Phi) is 9.30. The molecule has 0 unspecified atom stereocenters. The number of benzene rings is 1. The normalized spacial score (nSPS) is 17.5. The van der Waals surface area contributed by atoms with Gasteiger partial charge in [-0.05, 0) is 31.4 Å². The molecule has 1 aliphatic heterocycles. The average molecular weight is 451 g/mol. The van der Waals surface area contributed by atoms with E-state index in [9.17, 15) is 9.59 Å². The van der Waals surface area contributed by atoms with Gasteiger partial charge in [-0.3, -0.25) is 14.3 Å². The van der Waals surface area contributed by atoms with Crippen molar-refractivity contribution in [3.05, 3.63) is 67.5 Å². The molecule has 176 valence electrons. The molecule has 3 rings (SSSR count). The van der Waals surface area contributed by atoms with Crippen LogP contribution in [-0.2, 0) is 16.1 Å². The van der Waals surface area contributed by atoms with E-state index in [0.717, 1.165) is 37.9 Å². The molecule has 0 spiro atoms. The largest absolute Gasteiger partial charge is 0.493 e. The van der Waals surface area contributed by atoms with Crippen LogP contribution >= 0.6 is 0 Å². The van der Waals surface area contributed by atoms with E-state index in [1.165, 1.54) is 0 Å². The van der Waals surface area contributed by atoms with Crippen LogP contribution in [0.1, 0.15) is 45.4 Å². The van der Waals surface area contributed by atoms with Crippen LogP contribution in [0.5, 0.6) is 5.75 Å². The Morgan fingerprint density at radius 1 is 1.30 bits per heavy atom. The summed E-state index contributed by atoms with van der Waals surface area (Å²) in [6.45, 7) is 6.44. The van der Waals surface area contributed by atoms with E-state index in [4.69, 9.17) is 4.74 Å². The topological polar surface area (TPSA) is 76.5 Å². The molecule has 0 radical (unpaired) electrons. The first kappa shape index (κ1) is 24.3. The van der Waals surface area contributed by atoms with Gasteiger partial charge in [0.1, 0.15) is 12.3 Å². The first-order valence-electron chi connectivity index (χ1n) is 11.7. The highest BCUT2D eigenvalue weighted by atomic mass is 16.5. The number of hydrogen-bond donors (Lipinski definition) is 1. The monoisotopic (exact) mass is 450 g/mol. The molecule has 0 saturated heterocycles. The van der Waals surface area contributed by atoms with Crippen molar-refractivity contribution in [1.82, 2.24) is 14.7 Å². The van der Waals surface area contributed by atoms with Crippen LogP contribution in [0.4, 0.5) is 5.69 Å². The van der Waals surface area contributed by atoms with E-state index >= 15 is 0 Å². The van der Waals surface area contributed by atoms with Gasteiger partial charge in [-0.2, -0.15) is 5.10 Å². The molecule has 7 nitrogen and oxygen atoms in total. The fraction of sp³-hybridized carbons (Fsp3) is 0.423. The van der Waals surface area contributed by atoms with Crippen LogP contribution in [0.25, 0.3) is 0 Å². The fourth-order valence-electron chi connectivity index (χ4n) is 4.05. The van der Waals surface area contributed by atoms with E-state index in [2.05, 4.69) is 36.1 Å². The van der Waals surface area contributed by atoms with Crippen LogP contribution in [0, 0.1) is 0 Å². The van der Waals surface area contributed by atoms with Gasteiger partial charge in [-0.25, -0.2) is 0 Å². The van der Waals surface area contributed by atoms with Gasteiger partial charge in [0.25, 0.3) is 0 Å². The lowest BCUT2D eigenvalue weighted by atomic mass is 9.96. The number of amides is 2. The smallest absolute Gasteiger partial charge is 0.245 e. The van der Waals surface area contributed by atoms with Crippen LogP contribution in [0.15, 0.2) is 67.5 Å². The summed E-state index contributed by atoms with van der Waals surface area (Å²) in [6, 6.07) is 9.62. The summed E-state index contributed by atoms with van der Waals surface area (Å²) in [5, 5.41) is 7.09. The number of unbranched alkanes of at least 4 members (excludes halogenated alkanes) is 1. The zero-order chi connectivity index (χ0) is 23.5. The third kappa shape index (κ3) is 7.34. The Morgan fingerprint density at radius 2 is 2.12 bits per heavy atom. The maximum atomic E-state index is 13.2. The molecule has 2 heterocycles. The van der Waals surface area contributed by atoms with E-state index < -0.39 is 0 Å². The number of para-hydroxylation sites is 1. The van der Waals surface area contributed by atoms with Crippen LogP contribution in [-0.4, -0.2) is 45.2 Å². The van der Waals surface area contributed by atoms with Crippen molar-refractivity contribution in [2.24, 2.45) is 0 Å². The van der Waals surface area contributed by atoms with Crippen molar-refractivity contribution in [1.29, 1.82) is 0 Å². The molecule has 0 fully saturated rings. The number of carbonyl (C=O) groups is 2. The second kappa shape index (κ2) is 12.6. The molecule has 0 aliphatic carbocycles. The maximum absolute atomic E-state index is 13.2. The van der Waals surface area contributed by atoms with Gasteiger partial charge in [0.15, 0.2) is 0 Å². The number of carbonyl (C=O) groups excluding carboxylic acids is 2. The van der Waals surface area contributed by atoms with Crippen LogP contribution in [0.3, 0.4) is 0 Å². The Hall–Kier alpha value is -3.35. The quantitative estimate of drug-likeness (QED) is 0.480. The summed E-state index contributed by atoms with van der Waals surface area (Å²) < 4.78 is 7.14. The minimum Gasteiger partial charge on any atom is -0.493 e. The van der Waals surface area contributed by atoms with E-state index in [1.807, 2.05) is 41.3 Å². The highest BCUT2D eigenvalue weighted by Gasteiger charge is 2.30. The van der Waals surface area contributed by atoms with Gasteiger partial charge < -0.3 is 15.0 Å². The number of ether oxygens (including phenoxy) is 1. The molecule has 1 N–H and O–H groups in total. The highest BCUT2D eigenvalue weighted by Crippen LogP contribution is 2.24. The molecule has 2 aromatic rings. The molecule has 1 aromatic heterocycles. The Morgan fingerprint density at radius 3 is 2.88 bits per heavy atom. The van der Waals surface area contributed by atoms with Crippen molar-refractivity contribution >= 4 is 17.5 Å². The van der Waals surface area contributed by atoms with Gasteiger partial charge in [-0.15, -0.1) is 6.58 Å². The number of anilines is 1. The molecular formula is C26H34N4O3. The standard InChI is InChI=1S/C26H34N4O3/c1-3-5-11-23-13-9-12-22(10-4-2)30(23)26(32)20-29-19-21(18-27-29)28-25(31)16-17-33-24-14-7-6-8-15-24/h4,6-9,13-15,18-19,22-23H,2-3,5,10-12,16-17,20H2,1H3,(H,28,31)/t22-,23-/m0/s1. The predicted molar refractivity (Wildman–Crippen MR) is 130 cm³/mol. The van der Waals surface area contributed by atoms with E-state index in [0.29, 0.717) is 5.69 Å². The zero-order valence-corrected chi connectivity index (χ0v) is 19.4. The number of hydrogen-bond acceptors (Lipinski definition) is 4. The fourth-order valence-corrected chi connectivity index (χ4v) is 4.05. The van der Waals surface area contributed by atoms with E-state index in [-0.39, 0.29) is 43.5 Å². The predicted octanol–water partition coefficient (Wildman–Crippen LogP) is 4.58. The lowest BCUT2D eigenvalue weighted by Gasteiger charge is -2.39. The molecule has 1 aliphatic rings. The van der Waals surface area contributed by atoms with Crippen molar-refractivity contribution < 1.29 is 14.3 Å². The van der Waals surface area contributed by atoms with Gasteiger partial charge in [0, 0.05) is 12.2 Å². The molecular weight excluding hydrogens is 416 g/mol. The zero-order valence-electron chi connectivity index (χ0n) is 19.4. The molecule has 0 saturated carbocycles. The van der Waals surface area contributed by atoms with Crippen LogP contribution in [0.2, 0.25) is 0 Å². The first-order chi connectivity index (χ1) is 16.1. The molecule has 2 amide bonds. The minimum atomic E-state index is -0.163. The summed E-state index contributed by atoms with van der Waals surface area (Å²) in [7, 11) is 0. The van der Waals surface area contributed by atoms with Crippen molar-refractivity contribution in [3.8, 4) is 5.75 Å². The number of nitrogens with zero attached hydrogens (tertiary/aromatic N) is 3. The van der Waals surface area contributed by atoms with Gasteiger partial charge in [0.2, 0.25) is 11.8 Å². The van der Waals surface area contributed by atoms with Crippen molar-refractivity contribution in [3.63, 3.8) is 0 Å². The Balaban J connectivity index is 1.53. The summed E-state index contributed by atoms with van der Waals surface area (Å²) in [5.41, 5.74) is 0.566. The summed E-state index contributed by atoms with van der Waals surface area (Å²) in [4.78, 5) is 27.4. The lowest BCUT2D eigenvalue weighted by molar-refractivity contribution is -0.136. The number of nitrogens with one attached hydrogen (secondary N) is 1. The number of rotatable bonds is 12. The minimum absolute atomic E-state index is 0.0320. The van der Waals surface area contributed by atoms with Crippen LogP contribution < -0.4 is 10.1 Å². The SMILES string of the molecule is C=CC[C@H]1CC=C[C@H](CCCC)N1C(=O)Cn1cc(NC(=O)CCOc2ccccc2)cn1. The Labute approximate surface area is 196 Å². The third-order valence-corrected chi connectivity index (χ3v) is 5.65. The molecule has 2 atom stereocenters. The summed E-state index contributed by atoms with van der Waals surface area (Å²) in [6.07, 6.45) is 14.4. The van der Waals surface area contributed by atoms with Crippen molar-refractivity contribution in [2.75, 3.05) is 11.9 Å². The van der Waals surface area contributed by atoms with Gasteiger partial charge in [-0.1, -0.05) is 56.2 Å². The highest BCUT2D eigenvalue weighted by molar-refractivity contribution is 5.90. The molecule has 7 heteroatoms. The molecule has 33 heavy (non-hydrogen) atoms. The van der Waals surface area contributed by atoms with Gasteiger partial charge >= 0.3 is 0 Å². The van der Waals surface area contributed by atoms with E-state index in [1.54, 1.807) is 17.1 Å². The second-order valence-corrected chi connectivity index (χ2v) is 8.24. The molecule has 0 bridgehead atoms. The number of aromatic nitrogens is 2. The average Bonchev–Trinajstić information content (AvgIpc) is 3.25. The van der Waals surface area contributed by atoms with Gasteiger partial charge in [0.05, 0.1) is 31.0 Å². The van der Waals surface area contributed by atoms with Crippen molar-refractivity contribution in [2.45, 2.75) is 64.1 Å². The molecule has 1 aromatic carbocycles. The lowest BCUT2D eigenvalue weighted by Crippen LogP contribution is -2.49. The maximum Gasteiger partial charge on any atom is 0.245 e. The Bertz CT molecular complexity index is 938.